The summed E-state index contributed by atoms with van der Waals surface area (Å²) in [7, 11) is 0. The van der Waals surface area contributed by atoms with E-state index in [0.717, 1.165) is 11.8 Å². The summed E-state index contributed by atoms with van der Waals surface area (Å²) in [6.45, 7) is 5.48. The number of hydrogen-bond donors (Lipinski definition) is 1. The van der Waals surface area contributed by atoms with E-state index < -0.39 is 29.4 Å². The standard InChI is InChI=1S/C23H23F3N4O3/c1-13-11-28(12-27-13)19-4-5-20-22(33)30(14(2)6-7-29(20)21(19)32)15(3)16-8-17(23(24,25)26)10-18(31)9-16/h4-5,8-12,14-15,31H,6-7H2,1-3H3. The zero-order valence-corrected chi connectivity index (χ0v) is 18.3. The SMILES string of the molecule is Cc1cn(-c2ccc3n(c2=O)CCC(C)N(C(C)c2cc(O)cc(C(F)(F)F)c2)C3=O)cn1. The predicted molar refractivity (Wildman–Crippen MR) is 114 cm³/mol. The van der Waals surface area contributed by atoms with Crippen molar-refractivity contribution in [2.24, 2.45) is 0 Å². The molecule has 0 fully saturated rings. The highest BCUT2D eigenvalue weighted by Crippen LogP contribution is 2.36. The number of halogens is 3. The van der Waals surface area contributed by atoms with Gasteiger partial charge in [0.1, 0.15) is 17.1 Å². The Kier molecular flexibility index (Phi) is 5.55. The minimum atomic E-state index is -4.64. The second kappa shape index (κ2) is 8.09. The molecule has 2 atom stereocenters. The molecule has 0 saturated carbocycles. The Morgan fingerprint density at radius 1 is 1.18 bits per heavy atom. The average Bonchev–Trinajstić information content (AvgIpc) is 3.12. The van der Waals surface area contributed by atoms with Crippen molar-refractivity contribution < 1.29 is 23.1 Å². The summed E-state index contributed by atoms with van der Waals surface area (Å²) in [6.07, 6.45) is -0.974. The monoisotopic (exact) mass is 460 g/mol. The van der Waals surface area contributed by atoms with E-state index >= 15 is 0 Å². The zero-order chi connectivity index (χ0) is 24.1. The Morgan fingerprint density at radius 3 is 2.55 bits per heavy atom. The fourth-order valence-corrected chi connectivity index (χ4v) is 4.27. The van der Waals surface area contributed by atoms with Crippen molar-refractivity contribution in [1.82, 2.24) is 19.0 Å². The van der Waals surface area contributed by atoms with Gasteiger partial charge in [-0.2, -0.15) is 13.2 Å². The Bertz CT molecular complexity index is 1280. The Morgan fingerprint density at radius 2 is 1.91 bits per heavy atom. The lowest BCUT2D eigenvalue weighted by molar-refractivity contribution is -0.137. The number of rotatable bonds is 3. The van der Waals surface area contributed by atoms with Crippen LogP contribution in [-0.4, -0.2) is 36.1 Å². The van der Waals surface area contributed by atoms with Gasteiger partial charge in [0.2, 0.25) is 0 Å². The smallest absolute Gasteiger partial charge is 0.416 e. The maximum absolute atomic E-state index is 13.5. The largest absolute Gasteiger partial charge is 0.508 e. The van der Waals surface area contributed by atoms with Crippen LogP contribution in [0.1, 0.15) is 53.6 Å². The molecule has 3 aromatic rings. The number of hydrogen-bond acceptors (Lipinski definition) is 4. The van der Waals surface area contributed by atoms with Crippen LogP contribution in [0.2, 0.25) is 0 Å². The Balaban J connectivity index is 1.76. The minimum Gasteiger partial charge on any atom is -0.508 e. The molecule has 7 nitrogen and oxygen atoms in total. The number of benzene rings is 1. The van der Waals surface area contributed by atoms with Crippen molar-refractivity contribution in [1.29, 1.82) is 0 Å². The Hall–Kier alpha value is -3.56. The molecule has 0 aliphatic carbocycles. The molecule has 3 heterocycles. The van der Waals surface area contributed by atoms with Crippen LogP contribution < -0.4 is 5.56 Å². The van der Waals surface area contributed by atoms with E-state index in [1.54, 1.807) is 43.7 Å². The summed E-state index contributed by atoms with van der Waals surface area (Å²) in [6, 6.07) is 4.78. The number of phenolic OH excluding ortho intramolecular Hbond substituents is 1. The Labute approximate surface area is 187 Å². The van der Waals surface area contributed by atoms with Gasteiger partial charge in [0.25, 0.3) is 11.5 Å². The van der Waals surface area contributed by atoms with Gasteiger partial charge in [-0.1, -0.05) is 0 Å². The first-order valence-electron chi connectivity index (χ1n) is 10.5. The number of amides is 1. The second-order valence-electron chi connectivity index (χ2n) is 8.32. The fraction of sp³-hybridized carbons (Fsp3) is 0.348. The van der Waals surface area contributed by atoms with Crippen LogP contribution in [-0.2, 0) is 12.7 Å². The van der Waals surface area contributed by atoms with Gasteiger partial charge in [-0.3, -0.25) is 9.59 Å². The van der Waals surface area contributed by atoms with Crippen molar-refractivity contribution >= 4 is 5.91 Å². The number of aromatic hydroxyl groups is 1. The average molecular weight is 460 g/mol. The molecule has 1 N–H and O–H groups in total. The van der Waals surface area contributed by atoms with E-state index in [2.05, 4.69) is 4.98 Å². The number of pyridine rings is 1. The maximum atomic E-state index is 13.5. The topological polar surface area (TPSA) is 80.4 Å². The van der Waals surface area contributed by atoms with E-state index in [9.17, 15) is 27.9 Å². The number of fused-ring (bicyclic) bond motifs is 1. The summed E-state index contributed by atoms with van der Waals surface area (Å²) < 4.78 is 42.8. The van der Waals surface area contributed by atoms with Gasteiger partial charge in [0.05, 0.1) is 23.6 Å². The van der Waals surface area contributed by atoms with E-state index in [0.29, 0.717) is 18.2 Å². The van der Waals surface area contributed by atoms with Crippen molar-refractivity contribution in [3.8, 4) is 11.4 Å². The lowest BCUT2D eigenvalue weighted by Crippen LogP contribution is -2.40. The van der Waals surface area contributed by atoms with Crippen LogP contribution in [0.25, 0.3) is 5.69 Å². The van der Waals surface area contributed by atoms with Crippen LogP contribution in [0.5, 0.6) is 5.75 Å². The lowest BCUT2D eigenvalue weighted by Gasteiger charge is -2.33. The molecule has 2 aromatic heterocycles. The molecule has 10 heteroatoms. The maximum Gasteiger partial charge on any atom is 0.416 e. The number of phenols is 1. The number of alkyl halides is 3. The quantitative estimate of drug-likeness (QED) is 0.639. The summed E-state index contributed by atoms with van der Waals surface area (Å²) in [5.74, 6) is -0.992. The molecule has 1 aromatic carbocycles. The van der Waals surface area contributed by atoms with E-state index in [4.69, 9.17) is 0 Å². The zero-order valence-electron chi connectivity index (χ0n) is 18.3. The molecule has 0 spiro atoms. The van der Waals surface area contributed by atoms with Crippen molar-refractivity contribution in [2.75, 3.05) is 0 Å². The first kappa shape index (κ1) is 22.6. The van der Waals surface area contributed by atoms with Crippen LogP contribution in [0.3, 0.4) is 0 Å². The molecule has 1 aliphatic rings. The highest BCUT2D eigenvalue weighted by atomic mass is 19.4. The lowest BCUT2D eigenvalue weighted by atomic mass is 10.0. The fourth-order valence-electron chi connectivity index (χ4n) is 4.27. The van der Waals surface area contributed by atoms with E-state index in [1.807, 2.05) is 0 Å². The van der Waals surface area contributed by atoms with Crippen LogP contribution in [0.4, 0.5) is 13.2 Å². The van der Waals surface area contributed by atoms with Crippen LogP contribution >= 0.6 is 0 Å². The third-order valence-electron chi connectivity index (χ3n) is 6.01. The molecule has 4 rings (SSSR count). The molecule has 1 amide bonds. The third-order valence-corrected chi connectivity index (χ3v) is 6.01. The molecule has 174 valence electrons. The normalized spacial score (nSPS) is 17.6. The molecule has 2 unspecified atom stereocenters. The number of carbonyl (C=O) groups excluding carboxylic acids is 1. The molecule has 0 radical (unpaired) electrons. The van der Waals surface area contributed by atoms with Gasteiger partial charge in [0.15, 0.2) is 0 Å². The summed E-state index contributed by atoms with van der Waals surface area (Å²) in [5, 5.41) is 9.87. The molecular formula is C23H23F3N4O3. The summed E-state index contributed by atoms with van der Waals surface area (Å²) in [5.41, 5.74) is 0.0668. The highest BCUT2D eigenvalue weighted by molar-refractivity contribution is 5.93. The van der Waals surface area contributed by atoms with Gasteiger partial charge in [0, 0.05) is 18.8 Å². The van der Waals surface area contributed by atoms with Crippen LogP contribution in [0.15, 0.2) is 47.7 Å². The number of aryl methyl sites for hydroxylation is 1. The molecule has 33 heavy (non-hydrogen) atoms. The van der Waals surface area contributed by atoms with E-state index in [1.165, 1.54) is 21.9 Å². The molecule has 0 saturated heterocycles. The summed E-state index contributed by atoms with van der Waals surface area (Å²) in [4.78, 5) is 32.3. The van der Waals surface area contributed by atoms with Crippen LogP contribution in [0, 0.1) is 6.92 Å². The predicted octanol–water partition coefficient (Wildman–Crippen LogP) is 4.06. The minimum absolute atomic E-state index is 0.156. The number of imidazole rings is 1. The molecule has 1 aliphatic heterocycles. The van der Waals surface area contributed by atoms with E-state index in [-0.39, 0.29) is 29.4 Å². The third kappa shape index (κ3) is 4.12. The highest BCUT2D eigenvalue weighted by Gasteiger charge is 2.35. The van der Waals surface area contributed by atoms with Gasteiger partial charge in [-0.05, 0) is 63.1 Å². The number of carbonyl (C=O) groups is 1. The van der Waals surface area contributed by atoms with Gasteiger partial charge in [-0.25, -0.2) is 4.98 Å². The van der Waals surface area contributed by atoms with Gasteiger partial charge < -0.3 is 19.1 Å². The second-order valence-corrected chi connectivity index (χ2v) is 8.32. The first-order valence-corrected chi connectivity index (χ1v) is 10.5. The van der Waals surface area contributed by atoms with Crippen molar-refractivity contribution in [2.45, 2.75) is 52.0 Å². The van der Waals surface area contributed by atoms with Crippen molar-refractivity contribution in [3.63, 3.8) is 0 Å². The van der Waals surface area contributed by atoms with Gasteiger partial charge in [-0.15, -0.1) is 0 Å². The number of nitrogens with zero attached hydrogens (tertiary/aromatic N) is 4. The number of aromatic nitrogens is 3. The first-order chi connectivity index (χ1) is 15.5. The summed E-state index contributed by atoms with van der Waals surface area (Å²) >= 11 is 0. The van der Waals surface area contributed by atoms with Gasteiger partial charge >= 0.3 is 6.18 Å². The van der Waals surface area contributed by atoms with Crippen molar-refractivity contribution in [3.05, 3.63) is 75.7 Å². The molecule has 0 bridgehead atoms. The molecular weight excluding hydrogens is 437 g/mol.